The molecule has 0 bridgehead atoms. The SMILES string of the molecule is Cc1c[nH]c2cc(O)ccc12.N=CC(=O)O. The maximum absolute atomic E-state index is 9.12. The summed E-state index contributed by atoms with van der Waals surface area (Å²) >= 11 is 0. The van der Waals surface area contributed by atoms with Crippen molar-refractivity contribution in [2.24, 2.45) is 0 Å². The smallest absolute Gasteiger partial charge is 0.346 e. The van der Waals surface area contributed by atoms with Gasteiger partial charge in [0.25, 0.3) is 0 Å². The van der Waals surface area contributed by atoms with E-state index in [0.29, 0.717) is 12.0 Å². The number of benzene rings is 1. The summed E-state index contributed by atoms with van der Waals surface area (Å²) in [5.74, 6) is -0.899. The van der Waals surface area contributed by atoms with Crippen LogP contribution in [0.3, 0.4) is 0 Å². The first-order valence-corrected chi connectivity index (χ1v) is 4.54. The van der Waals surface area contributed by atoms with E-state index in [9.17, 15) is 0 Å². The van der Waals surface area contributed by atoms with Crippen molar-refractivity contribution in [1.82, 2.24) is 4.98 Å². The molecule has 84 valence electrons. The molecule has 2 rings (SSSR count). The molecule has 0 aliphatic heterocycles. The van der Waals surface area contributed by atoms with Gasteiger partial charge in [-0.15, -0.1) is 0 Å². The molecule has 0 aliphatic carbocycles. The summed E-state index contributed by atoms with van der Waals surface area (Å²) in [7, 11) is 0. The minimum absolute atomic E-state index is 0.305. The first-order valence-electron chi connectivity index (χ1n) is 4.54. The number of aryl methyl sites for hydroxylation is 1. The summed E-state index contributed by atoms with van der Waals surface area (Å²) in [4.78, 5) is 12.2. The zero-order valence-electron chi connectivity index (χ0n) is 8.69. The van der Waals surface area contributed by atoms with Gasteiger partial charge in [-0.3, -0.25) is 0 Å². The van der Waals surface area contributed by atoms with Gasteiger partial charge in [0.05, 0.1) is 0 Å². The molecule has 0 amide bonds. The fourth-order valence-corrected chi connectivity index (χ4v) is 1.26. The maximum atomic E-state index is 9.12. The number of phenolic OH excluding ortho intramolecular Hbond substituents is 1. The first kappa shape index (κ1) is 11.8. The highest BCUT2D eigenvalue weighted by atomic mass is 16.4. The number of carbonyl (C=O) groups is 1. The summed E-state index contributed by atoms with van der Waals surface area (Å²) < 4.78 is 0. The summed E-state index contributed by atoms with van der Waals surface area (Å²) in [6.07, 6.45) is 2.27. The van der Waals surface area contributed by atoms with Crippen LogP contribution in [0, 0.1) is 12.3 Å². The average molecular weight is 220 g/mol. The lowest BCUT2D eigenvalue weighted by Crippen LogP contribution is -1.91. The molecular weight excluding hydrogens is 208 g/mol. The van der Waals surface area contributed by atoms with Crippen molar-refractivity contribution in [1.29, 1.82) is 5.41 Å². The molecule has 0 fully saturated rings. The number of phenols is 1. The number of aliphatic carboxylic acids is 1. The van der Waals surface area contributed by atoms with Gasteiger partial charge in [-0.25, -0.2) is 4.79 Å². The number of carboxylic acids is 1. The van der Waals surface area contributed by atoms with Crippen molar-refractivity contribution in [3.05, 3.63) is 30.0 Å². The topological polar surface area (TPSA) is 97.2 Å². The third kappa shape index (κ3) is 2.84. The second-order valence-corrected chi connectivity index (χ2v) is 3.18. The van der Waals surface area contributed by atoms with Crippen LogP contribution in [0.2, 0.25) is 0 Å². The van der Waals surface area contributed by atoms with Gasteiger partial charge in [-0.1, -0.05) is 0 Å². The van der Waals surface area contributed by atoms with Crippen LogP contribution in [0.25, 0.3) is 10.9 Å². The third-order valence-corrected chi connectivity index (χ3v) is 2.00. The summed E-state index contributed by atoms with van der Waals surface area (Å²) in [5.41, 5.74) is 2.20. The molecule has 0 radical (unpaired) electrons. The van der Waals surface area contributed by atoms with Gasteiger partial charge in [0, 0.05) is 23.2 Å². The summed E-state index contributed by atoms with van der Waals surface area (Å²) in [6, 6.07) is 5.34. The largest absolute Gasteiger partial charge is 0.508 e. The lowest BCUT2D eigenvalue weighted by atomic mass is 10.2. The second-order valence-electron chi connectivity index (χ2n) is 3.18. The molecule has 5 nitrogen and oxygen atoms in total. The molecule has 0 saturated heterocycles. The Kier molecular flexibility index (Phi) is 3.66. The lowest BCUT2D eigenvalue weighted by Gasteiger charge is -1.91. The quantitative estimate of drug-likeness (QED) is 0.552. The molecule has 0 spiro atoms. The van der Waals surface area contributed by atoms with Crippen LogP contribution in [0.4, 0.5) is 0 Å². The van der Waals surface area contributed by atoms with Gasteiger partial charge in [0.2, 0.25) is 0 Å². The Labute approximate surface area is 91.9 Å². The highest BCUT2D eigenvalue weighted by Crippen LogP contribution is 2.21. The van der Waals surface area contributed by atoms with Gasteiger partial charge in [-0.05, 0) is 24.6 Å². The molecular formula is C11H12N2O3. The highest BCUT2D eigenvalue weighted by Gasteiger charge is 1.98. The van der Waals surface area contributed by atoms with Gasteiger partial charge in [-0.2, -0.15) is 0 Å². The predicted octanol–water partition coefficient (Wildman–Crippen LogP) is 1.90. The van der Waals surface area contributed by atoms with Crippen molar-refractivity contribution in [2.45, 2.75) is 6.92 Å². The van der Waals surface area contributed by atoms with Gasteiger partial charge < -0.3 is 20.6 Å². The molecule has 5 heteroatoms. The molecule has 0 atom stereocenters. The van der Waals surface area contributed by atoms with Crippen LogP contribution in [0.15, 0.2) is 24.4 Å². The predicted molar refractivity (Wildman–Crippen MR) is 61.1 cm³/mol. The fraction of sp³-hybridized carbons (Fsp3) is 0.0909. The Bertz CT molecular complexity index is 517. The fourth-order valence-electron chi connectivity index (χ4n) is 1.26. The van der Waals surface area contributed by atoms with Crippen LogP contribution >= 0.6 is 0 Å². The minimum Gasteiger partial charge on any atom is -0.508 e. The number of aromatic nitrogens is 1. The monoisotopic (exact) mass is 220 g/mol. The average Bonchev–Trinajstić information content (AvgIpc) is 2.60. The van der Waals surface area contributed by atoms with Crippen molar-refractivity contribution in [3.63, 3.8) is 0 Å². The lowest BCUT2D eigenvalue weighted by molar-refractivity contribution is -0.128. The Hall–Kier alpha value is -2.30. The molecule has 1 aromatic heterocycles. The van der Waals surface area contributed by atoms with E-state index in [-0.39, 0.29) is 0 Å². The zero-order valence-corrected chi connectivity index (χ0v) is 8.69. The zero-order chi connectivity index (χ0) is 12.1. The van der Waals surface area contributed by atoms with Crippen LogP contribution in [-0.2, 0) is 4.79 Å². The molecule has 16 heavy (non-hydrogen) atoms. The Balaban J connectivity index is 0.000000221. The highest BCUT2D eigenvalue weighted by molar-refractivity contribution is 6.20. The molecule has 0 aliphatic rings. The van der Waals surface area contributed by atoms with Crippen LogP contribution in [0.1, 0.15) is 5.56 Å². The molecule has 4 N–H and O–H groups in total. The number of aromatic hydroxyl groups is 1. The normalized spacial score (nSPS) is 9.31. The van der Waals surface area contributed by atoms with Gasteiger partial charge >= 0.3 is 5.97 Å². The number of nitrogens with one attached hydrogen (secondary N) is 2. The molecule has 0 saturated carbocycles. The number of aromatic amines is 1. The molecule has 2 aromatic rings. The van der Waals surface area contributed by atoms with Crippen molar-refractivity contribution < 1.29 is 15.0 Å². The van der Waals surface area contributed by atoms with Crippen molar-refractivity contribution in [3.8, 4) is 5.75 Å². The molecule has 1 aromatic carbocycles. The van der Waals surface area contributed by atoms with E-state index in [2.05, 4.69) is 4.98 Å². The van der Waals surface area contributed by atoms with Gasteiger partial charge in [0.1, 0.15) is 12.0 Å². The van der Waals surface area contributed by atoms with E-state index < -0.39 is 5.97 Å². The van der Waals surface area contributed by atoms with Gasteiger partial charge in [0.15, 0.2) is 0 Å². The van der Waals surface area contributed by atoms with E-state index in [1.165, 1.54) is 10.9 Å². The van der Waals surface area contributed by atoms with E-state index in [1.54, 1.807) is 12.1 Å². The Morgan fingerprint density at radius 3 is 2.69 bits per heavy atom. The van der Waals surface area contributed by atoms with E-state index >= 15 is 0 Å². The maximum Gasteiger partial charge on any atom is 0.346 e. The number of carboxylic acid groups (broad SMARTS) is 1. The standard InChI is InChI=1S/C9H9NO.C2H3NO2/c1-6-5-10-9-4-7(11)2-3-8(6)9;3-1-2(4)5/h2-5,10-11H,1H3;1,3H,(H,4,5). The number of rotatable bonds is 1. The Morgan fingerprint density at radius 1 is 1.50 bits per heavy atom. The van der Waals surface area contributed by atoms with Crippen LogP contribution in [0.5, 0.6) is 5.75 Å². The number of fused-ring (bicyclic) bond motifs is 1. The third-order valence-electron chi connectivity index (χ3n) is 2.00. The van der Waals surface area contributed by atoms with Crippen LogP contribution < -0.4 is 0 Å². The summed E-state index contributed by atoms with van der Waals surface area (Å²) in [5, 5.41) is 23.7. The molecule has 0 unspecified atom stereocenters. The first-order chi connectivity index (χ1) is 7.54. The number of H-pyrrole nitrogens is 1. The van der Waals surface area contributed by atoms with E-state index in [1.807, 2.05) is 19.2 Å². The van der Waals surface area contributed by atoms with E-state index in [4.69, 9.17) is 20.4 Å². The Morgan fingerprint density at radius 2 is 2.12 bits per heavy atom. The minimum atomic E-state index is -1.20. The van der Waals surface area contributed by atoms with Crippen molar-refractivity contribution in [2.75, 3.05) is 0 Å². The van der Waals surface area contributed by atoms with Crippen molar-refractivity contribution >= 4 is 23.1 Å². The van der Waals surface area contributed by atoms with Crippen LogP contribution in [-0.4, -0.2) is 27.4 Å². The number of hydrogen-bond acceptors (Lipinski definition) is 3. The second kappa shape index (κ2) is 4.97. The molecule has 1 heterocycles. The summed E-state index contributed by atoms with van der Waals surface area (Å²) in [6.45, 7) is 2.04. The number of hydrogen-bond donors (Lipinski definition) is 4. The van der Waals surface area contributed by atoms with E-state index in [0.717, 1.165) is 5.52 Å².